The predicted octanol–water partition coefficient (Wildman–Crippen LogP) is 1.42. The van der Waals surface area contributed by atoms with Crippen LogP contribution in [-0.4, -0.2) is 20.1 Å². The Labute approximate surface area is 93.3 Å². The second-order valence-corrected chi connectivity index (χ2v) is 5.29. The Morgan fingerprint density at radius 3 is 2.33 bits per heavy atom. The number of amides is 1. The van der Waals surface area contributed by atoms with E-state index in [1.807, 2.05) is 4.72 Å². The summed E-state index contributed by atoms with van der Waals surface area (Å²) in [5.41, 5.74) is 0.261. The molecule has 1 rings (SSSR count). The third-order valence-corrected chi connectivity index (χ3v) is 3.24. The third-order valence-electron chi connectivity index (χ3n) is 1.73. The minimum Gasteiger partial charge on any atom is -0.268 e. The van der Waals surface area contributed by atoms with Gasteiger partial charge in [-0.15, -0.1) is 0 Å². The first-order valence-electron chi connectivity index (χ1n) is 4.25. The molecule has 1 aromatic carbocycles. The molecule has 0 atom stereocenters. The van der Waals surface area contributed by atoms with Crippen LogP contribution in [0.2, 0.25) is 5.02 Å². The lowest BCUT2D eigenvalue weighted by Gasteiger charge is -2.04. The topological polar surface area (TPSA) is 63.2 Å². The SMILES string of the molecule is CCS(=O)(=O)NC(=O)c1ccc(Cl)cc1. The van der Waals surface area contributed by atoms with Crippen molar-refractivity contribution in [3.63, 3.8) is 0 Å². The molecule has 1 aromatic rings. The van der Waals surface area contributed by atoms with Crippen LogP contribution in [0.3, 0.4) is 0 Å². The van der Waals surface area contributed by atoms with Crippen molar-refractivity contribution in [2.24, 2.45) is 0 Å². The van der Waals surface area contributed by atoms with Crippen molar-refractivity contribution < 1.29 is 13.2 Å². The third kappa shape index (κ3) is 3.53. The number of rotatable bonds is 3. The Hall–Kier alpha value is -1.07. The van der Waals surface area contributed by atoms with E-state index in [-0.39, 0.29) is 11.3 Å². The highest BCUT2D eigenvalue weighted by Crippen LogP contribution is 2.09. The van der Waals surface area contributed by atoms with Gasteiger partial charge in [-0.25, -0.2) is 13.1 Å². The van der Waals surface area contributed by atoms with E-state index >= 15 is 0 Å². The van der Waals surface area contributed by atoms with Gasteiger partial charge in [0.2, 0.25) is 10.0 Å². The Kier molecular flexibility index (Phi) is 3.71. The minimum absolute atomic E-state index is 0.133. The molecule has 0 aromatic heterocycles. The van der Waals surface area contributed by atoms with Gasteiger partial charge in [-0.1, -0.05) is 11.6 Å². The van der Waals surface area contributed by atoms with Crippen LogP contribution in [0.5, 0.6) is 0 Å². The fourth-order valence-corrected chi connectivity index (χ4v) is 1.54. The van der Waals surface area contributed by atoms with Crippen LogP contribution < -0.4 is 4.72 Å². The summed E-state index contributed by atoms with van der Waals surface area (Å²) in [6, 6.07) is 5.97. The molecule has 15 heavy (non-hydrogen) atoms. The van der Waals surface area contributed by atoms with E-state index in [1.165, 1.54) is 31.2 Å². The van der Waals surface area contributed by atoms with Gasteiger partial charge in [-0.3, -0.25) is 4.79 Å². The quantitative estimate of drug-likeness (QED) is 0.879. The number of hydrogen-bond acceptors (Lipinski definition) is 3. The van der Waals surface area contributed by atoms with Crippen molar-refractivity contribution in [1.82, 2.24) is 4.72 Å². The molecule has 0 saturated heterocycles. The Bertz CT molecular complexity index is 453. The molecule has 82 valence electrons. The maximum absolute atomic E-state index is 11.4. The van der Waals surface area contributed by atoms with Gasteiger partial charge in [0.1, 0.15) is 0 Å². The fourth-order valence-electron chi connectivity index (χ4n) is 0.874. The molecule has 0 bridgehead atoms. The maximum Gasteiger partial charge on any atom is 0.264 e. The number of hydrogen-bond donors (Lipinski definition) is 1. The maximum atomic E-state index is 11.4. The molecule has 4 nitrogen and oxygen atoms in total. The van der Waals surface area contributed by atoms with Gasteiger partial charge in [0.05, 0.1) is 5.75 Å². The van der Waals surface area contributed by atoms with Crippen molar-refractivity contribution in [2.75, 3.05) is 5.75 Å². The van der Waals surface area contributed by atoms with E-state index in [2.05, 4.69) is 0 Å². The molecule has 6 heteroatoms. The average molecular weight is 248 g/mol. The van der Waals surface area contributed by atoms with Crippen LogP contribution in [-0.2, 0) is 10.0 Å². The molecule has 1 amide bonds. The van der Waals surface area contributed by atoms with Crippen LogP contribution >= 0.6 is 11.6 Å². The van der Waals surface area contributed by atoms with Crippen LogP contribution in [0.25, 0.3) is 0 Å². The molecular formula is C9H10ClNO3S. The molecule has 0 spiro atoms. The number of sulfonamides is 1. The van der Waals surface area contributed by atoms with Crippen molar-refractivity contribution in [1.29, 1.82) is 0 Å². The smallest absolute Gasteiger partial charge is 0.264 e. The van der Waals surface area contributed by atoms with Gasteiger partial charge in [0.15, 0.2) is 0 Å². The van der Waals surface area contributed by atoms with Gasteiger partial charge >= 0.3 is 0 Å². The number of benzene rings is 1. The molecule has 0 aliphatic heterocycles. The second kappa shape index (κ2) is 4.63. The lowest BCUT2D eigenvalue weighted by atomic mass is 10.2. The standard InChI is InChI=1S/C9H10ClNO3S/c1-2-15(13,14)11-9(12)7-3-5-8(10)6-4-7/h3-6H,2H2,1H3,(H,11,12). The summed E-state index contributed by atoms with van der Waals surface area (Å²) >= 11 is 5.63. The van der Waals surface area contributed by atoms with Gasteiger partial charge in [0.25, 0.3) is 5.91 Å². The molecule has 0 aliphatic rings. The van der Waals surface area contributed by atoms with Gasteiger partial charge in [-0.2, -0.15) is 0 Å². The summed E-state index contributed by atoms with van der Waals surface area (Å²) in [7, 11) is -3.51. The summed E-state index contributed by atoms with van der Waals surface area (Å²) in [6.07, 6.45) is 0. The largest absolute Gasteiger partial charge is 0.268 e. The number of carbonyl (C=O) groups is 1. The summed E-state index contributed by atoms with van der Waals surface area (Å²) < 4.78 is 24.1. The molecule has 0 aliphatic carbocycles. The second-order valence-electron chi connectivity index (χ2n) is 2.84. The first-order valence-corrected chi connectivity index (χ1v) is 6.28. The minimum atomic E-state index is -3.51. The lowest BCUT2D eigenvalue weighted by Crippen LogP contribution is -2.31. The lowest BCUT2D eigenvalue weighted by molar-refractivity contribution is 0.0981. The van der Waals surface area contributed by atoms with E-state index in [4.69, 9.17) is 11.6 Å². The van der Waals surface area contributed by atoms with Crippen molar-refractivity contribution in [3.05, 3.63) is 34.9 Å². The summed E-state index contributed by atoms with van der Waals surface area (Å²) in [6.45, 7) is 1.46. The Morgan fingerprint density at radius 2 is 1.87 bits per heavy atom. The molecule has 0 unspecified atom stereocenters. The van der Waals surface area contributed by atoms with Crippen molar-refractivity contribution in [3.8, 4) is 0 Å². The van der Waals surface area contributed by atoms with Gasteiger partial charge in [-0.05, 0) is 31.2 Å². The van der Waals surface area contributed by atoms with E-state index in [9.17, 15) is 13.2 Å². The molecule has 0 saturated carbocycles. The van der Waals surface area contributed by atoms with Crippen molar-refractivity contribution >= 4 is 27.5 Å². The molecular weight excluding hydrogens is 238 g/mol. The monoisotopic (exact) mass is 247 g/mol. The zero-order valence-corrected chi connectivity index (χ0v) is 9.60. The Morgan fingerprint density at radius 1 is 1.33 bits per heavy atom. The number of nitrogens with one attached hydrogen (secondary N) is 1. The average Bonchev–Trinajstić information content (AvgIpc) is 2.18. The number of halogens is 1. The predicted molar refractivity (Wildman–Crippen MR) is 58.4 cm³/mol. The van der Waals surface area contributed by atoms with Crippen LogP contribution in [0.4, 0.5) is 0 Å². The van der Waals surface area contributed by atoms with E-state index < -0.39 is 15.9 Å². The summed E-state index contributed by atoms with van der Waals surface area (Å²) in [4.78, 5) is 11.4. The highest BCUT2D eigenvalue weighted by atomic mass is 35.5. The summed E-state index contributed by atoms with van der Waals surface area (Å²) in [5.74, 6) is -0.778. The van der Waals surface area contributed by atoms with Gasteiger partial charge in [0, 0.05) is 10.6 Å². The first-order chi connectivity index (χ1) is 6.94. The normalized spacial score (nSPS) is 11.1. The zero-order chi connectivity index (χ0) is 11.5. The fraction of sp³-hybridized carbons (Fsp3) is 0.222. The van der Waals surface area contributed by atoms with Crippen molar-refractivity contribution in [2.45, 2.75) is 6.92 Å². The van der Waals surface area contributed by atoms with E-state index in [0.29, 0.717) is 5.02 Å². The molecule has 0 radical (unpaired) electrons. The van der Waals surface area contributed by atoms with E-state index in [1.54, 1.807) is 0 Å². The first kappa shape index (κ1) is 12.0. The van der Waals surface area contributed by atoms with E-state index in [0.717, 1.165) is 0 Å². The molecule has 0 fully saturated rings. The number of carbonyl (C=O) groups excluding carboxylic acids is 1. The highest BCUT2D eigenvalue weighted by molar-refractivity contribution is 7.90. The van der Waals surface area contributed by atoms with Crippen LogP contribution in [0.1, 0.15) is 17.3 Å². The molecule has 0 heterocycles. The van der Waals surface area contributed by atoms with Crippen LogP contribution in [0.15, 0.2) is 24.3 Å². The van der Waals surface area contributed by atoms with Crippen LogP contribution in [0, 0.1) is 0 Å². The highest BCUT2D eigenvalue weighted by Gasteiger charge is 2.13. The Balaban J connectivity index is 2.83. The molecule has 1 N–H and O–H groups in total. The zero-order valence-electron chi connectivity index (χ0n) is 8.03. The summed E-state index contributed by atoms with van der Waals surface area (Å²) in [5, 5.41) is 0.491. The van der Waals surface area contributed by atoms with Gasteiger partial charge < -0.3 is 0 Å².